The zero-order valence-electron chi connectivity index (χ0n) is 11.6. The van der Waals surface area contributed by atoms with Crippen LogP contribution in [0.5, 0.6) is 0 Å². The SMILES string of the molecule is CC(Cn1c(=S)[nH]c2c(S(C)(=O)=O)cccc21)C1CC1. The van der Waals surface area contributed by atoms with E-state index in [0.29, 0.717) is 21.1 Å². The van der Waals surface area contributed by atoms with Gasteiger partial charge in [0.2, 0.25) is 0 Å². The Bertz CT molecular complexity index is 813. The summed E-state index contributed by atoms with van der Waals surface area (Å²) in [5.41, 5.74) is 1.51. The number of benzene rings is 1. The highest BCUT2D eigenvalue weighted by atomic mass is 32.2. The summed E-state index contributed by atoms with van der Waals surface area (Å²) in [5, 5.41) is 0. The number of aromatic amines is 1. The van der Waals surface area contributed by atoms with Gasteiger partial charge in [0.1, 0.15) is 0 Å². The Labute approximate surface area is 123 Å². The lowest BCUT2D eigenvalue weighted by Crippen LogP contribution is -2.09. The molecule has 0 saturated heterocycles. The van der Waals surface area contributed by atoms with Crippen molar-refractivity contribution in [3.8, 4) is 0 Å². The number of hydrogen-bond donors (Lipinski definition) is 1. The molecule has 108 valence electrons. The Morgan fingerprint density at radius 1 is 1.45 bits per heavy atom. The van der Waals surface area contributed by atoms with Gasteiger partial charge >= 0.3 is 0 Å². The number of H-pyrrole nitrogens is 1. The van der Waals surface area contributed by atoms with Crippen molar-refractivity contribution < 1.29 is 8.42 Å². The summed E-state index contributed by atoms with van der Waals surface area (Å²) in [6.07, 6.45) is 3.82. The van der Waals surface area contributed by atoms with E-state index in [1.54, 1.807) is 12.1 Å². The predicted molar refractivity (Wildman–Crippen MR) is 82.1 cm³/mol. The minimum atomic E-state index is -3.26. The summed E-state index contributed by atoms with van der Waals surface area (Å²) in [4.78, 5) is 3.38. The number of imidazole rings is 1. The van der Waals surface area contributed by atoms with Gasteiger partial charge < -0.3 is 9.55 Å². The van der Waals surface area contributed by atoms with Crippen molar-refractivity contribution in [2.75, 3.05) is 6.26 Å². The first-order chi connectivity index (χ1) is 9.38. The number of nitrogens with one attached hydrogen (secondary N) is 1. The molecule has 0 bridgehead atoms. The van der Waals surface area contributed by atoms with Crippen LogP contribution in [0.3, 0.4) is 0 Å². The first-order valence-corrected chi connectivity index (χ1v) is 9.09. The van der Waals surface area contributed by atoms with Crippen LogP contribution in [0.15, 0.2) is 23.1 Å². The highest BCUT2D eigenvalue weighted by molar-refractivity contribution is 7.91. The average molecular weight is 310 g/mol. The Kier molecular flexibility index (Phi) is 3.25. The molecule has 20 heavy (non-hydrogen) atoms. The molecule has 1 unspecified atom stereocenters. The van der Waals surface area contributed by atoms with Crippen LogP contribution < -0.4 is 0 Å². The molecular formula is C14H18N2O2S2. The van der Waals surface area contributed by atoms with Crippen molar-refractivity contribution in [2.24, 2.45) is 11.8 Å². The summed E-state index contributed by atoms with van der Waals surface area (Å²) in [5.74, 6) is 1.36. The number of nitrogens with zero attached hydrogens (tertiary/aromatic N) is 1. The smallest absolute Gasteiger partial charge is 0.178 e. The molecule has 0 aliphatic heterocycles. The molecule has 1 aliphatic carbocycles. The van der Waals surface area contributed by atoms with Gasteiger partial charge in [0, 0.05) is 12.8 Å². The molecule has 6 heteroatoms. The van der Waals surface area contributed by atoms with Crippen LogP contribution in [0.2, 0.25) is 0 Å². The number of para-hydroxylation sites is 1. The minimum Gasteiger partial charge on any atom is -0.329 e. The van der Waals surface area contributed by atoms with Crippen molar-refractivity contribution in [3.63, 3.8) is 0 Å². The van der Waals surface area contributed by atoms with Crippen molar-refractivity contribution in [1.29, 1.82) is 0 Å². The van der Waals surface area contributed by atoms with Crippen LogP contribution in [-0.4, -0.2) is 24.2 Å². The maximum atomic E-state index is 11.8. The third-order valence-corrected chi connectivity index (χ3v) is 5.53. The van der Waals surface area contributed by atoms with Crippen molar-refractivity contribution in [3.05, 3.63) is 23.0 Å². The molecule has 4 nitrogen and oxygen atoms in total. The van der Waals surface area contributed by atoms with Crippen molar-refractivity contribution in [2.45, 2.75) is 31.2 Å². The van der Waals surface area contributed by atoms with Crippen LogP contribution in [0, 0.1) is 16.6 Å². The van der Waals surface area contributed by atoms with Crippen molar-refractivity contribution >= 4 is 33.1 Å². The maximum Gasteiger partial charge on any atom is 0.178 e. The van der Waals surface area contributed by atoms with E-state index in [1.165, 1.54) is 19.1 Å². The molecule has 1 saturated carbocycles. The summed E-state index contributed by atoms with van der Waals surface area (Å²) >= 11 is 5.37. The molecule has 1 fully saturated rings. The van der Waals surface area contributed by atoms with Gasteiger partial charge in [-0.3, -0.25) is 0 Å². The topological polar surface area (TPSA) is 54.9 Å². The lowest BCUT2D eigenvalue weighted by Gasteiger charge is -2.12. The average Bonchev–Trinajstić information content (AvgIpc) is 3.15. The van der Waals surface area contributed by atoms with Gasteiger partial charge in [0.05, 0.1) is 15.9 Å². The third kappa shape index (κ3) is 2.42. The number of fused-ring (bicyclic) bond motifs is 1. The zero-order valence-corrected chi connectivity index (χ0v) is 13.2. The molecule has 1 atom stereocenters. The van der Waals surface area contributed by atoms with E-state index in [4.69, 9.17) is 12.2 Å². The Balaban J connectivity index is 2.14. The van der Waals surface area contributed by atoms with E-state index < -0.39 is 9.84 Å². The Morgan fingerprint density at radius 2 is 2.15 bits per heavy atom. The van der Waals surface area contributed by atoms with Gasteiger partial charge in [-0.05, 0) is 49.0 Å². The fraction of sp³-hybridized carbons (Fsp3) is 0.500. The van der Waals surface area contributed by atoms with E-state index in [1.807, 2.05) is 10.6 Å². The maximum absolute atomic E-state index is 11.8. The van der Waals surface area contributed by atoms with Crippen LogP contribution in [0.1, 0.15) is 19.8 Å². The number of aromatic nitrogens is 2. The first kappa shape index (κ1) is 13.8. The van der Waals surface area contributed by atoms with E-state index in [2.05, 4.69) is 11.9 Å². The minimum absolute atomic E-state index is 0.318. The highest BCUT2D eigenvalue weighted by Crippen LogP contribution is 2.37. The number of sulfone groups is 1. The molecule has 1 aliphatic rings. The molecule has 0 spiro atoms. The molecule has 3 rings (SSSR count). The quantitative estimate of drug-likeness (QED) is 0.883. The van der Waals surface area contributed by atoms with Gasteiger partial charge in [-0.15, -0.1) is 0 Å². The molecule has 1 N–H and O–H groups in total. The zero-order chi connectivity index (χ0) is 14.5. The van der Waals surface area contributed by atoms with E-state index in [9.17, 15) is 8.42 Å². The second-order valence-corrected chi connectivity index (χ2v) is 8.15. The van der Waals surface area contributed by atoms with Crippen LogP contribution in [0.4, 0.5) is 0 Å². The van der Waals surface area contributed by atoms with Gasteiger partial charge in [-0.2, -0.15) is 0 Å². The van der Waals surface area contributed by atoms with Gasteiger partial charge in [0.15, 0.2) is 14.6 Å². The normalized spacial score (nSPS) is 17.5. The molecule has 1 aromatic carbocycles. The molecular weight excluding hydrogens is 292 g/mol. The summed E-state index contributed by atoms with van der Waals surface area (Å²) in [6, 6.07) is 5.33. The van der Waals surface area contributed by atoms with E-state index >= 15 is 0 Å². The summed E-state index contributed by atoms with van der Waals surface area (Å²) in [7, 11) is -3.26. The van der Waals surface area contributed by atoms with Gasteiger partial charge in [-0.1, -0.05) is 13.0 Å². The highest BCUT2D eigenvalue weighted by Gasteiger charge is 2.28. The monoisotopic (exact) mass is 310 g/mol. The molecule has 1 aromatic heterocycles. The Morgan fingerprint density at radius 3 is 2.75 bits per heavy atom. The second-order valence-electron chi connectivity index (χ2n) is 5.78. The number of rotatable bonds is 4. The Hall–Kier alpha value is -1.14. The lowest BCUT2D eigenvalue weighted by atomic mass is 10.1. The largest absolute Gasteiger partial charge is 0.329 e. The third-order valence-electron chi connectivity index (χ3n) is 4.07. The van der Waals surface area contributed by atoms with Crippen LogP contribution in [0.25, 0.3) is 11.0 Å². The van der Waals surface area contributed by atoms with E-state index in [0.717, 1.165) is 18.0 Å². The summed E-state index contributed by atoms with van der Waals surface area (Å²) in [6.45, 7) is 3.08. The first-order valence-electron chi connectivity index (χ1n) is 6.79. The van der Waals surface area contributed by atoms with Crippen LogP contribution in [-0.2, 0) is 16.4 Å². The predicted octanol–water partition coefficient (Wildman–Crippen LogP) is 3.15. The second kappa shape index (κ2) is 4.70. The molecule has 1 heterocycles. The molecule has 0 amide bonds. The number of hydrogen-bond acceptors (Lipinski definition) is 3. The van der Waals surface area contributed by atoms with E-state index in [-0.39, 0.29) is 0 Å². The van der Waals surface area contributed by atoms with Crippen molar-refractivity contribution in [1.82, 2.24) is 9.55 Å². The lowest BCUT2D eigenvalue weighted by molar-refractivity contribution is 0.434. The molecule has 0 radical (unpaired) electrons. The summed E-state index contributed by atoms with van der Waals surface area (Å²) < 4.78 is 26.3. The standard InChI is InChI=1S/C14H18N2O2S2/c1-9(10-6-7-10)8-16-11-4-3-5-12(20(2,17)18)13(11)15-14(16)19/h3-5,9-10H,6-8H2,1-2H3,(H,15,19). The van der Waals surface area contributed by atoms with Crippen LogP contribution >= 0.6 is 12.2 Å². The fourth-order valence-corrected chi connectivity index (χ4v) is 3.87. The van der Waals surface area contributed by atoms with Gasteiger partial charge in [0.25, 0.3) is 0 Å². The molecule has 2 aromatic rings. The van der Waals surface area contributed by atoms with Gasteiger partial charge in [-0.25, -0.2) is 8.42 Å². The fourth-order valence-electron chi connectivity index (χ4n) is 2.75.